The minimum absolute atomic E-state index is 0. The van der Waals surface area contributed by atoms with E-state index in [1.807, 2.05) is 80.1 Å². The largest absolute Gasteiger partial charge is 0 e. The van der Waals surface area contributed by atoms with Crippen LogP contribution in [0.3, 0.4) is 0 Å². The third-order valence-electron chi connectivity index (χ3n) is 8.89. The van der Waals surface area contributed by atoms with Crippen molar-refractivity contribution in [3.05, 3.63) is 181 Å². The maximum Gasteiger partial charge on any atom is 0 e. The Labute approximate surface area is 616 Å². The number of ether oxygens (including phenoxy) is 3. The number of hydrogen-bond acceptors (Lipinski definition) is 14. The van der Waals surface area contributed by atoms with Crippen LogP contribution in [0.1, 0.15) is 11.1 Å². The van der Waals surface area contributed by atoms with Crippen molar-refractivity contribution in [2.75, 3.05) is 47.2 Å². The number of benzene rings is 5. The van der Waals surface area contributed by atoms with E-state index in [1.165, 1.54) is 11.6 Å². The van der Waals surface area contributed by atoms with Crippen molar-refractivity contribution in [3.63, 3.8) is 0 Å². The van der Waals surface area contributed by atoms with Crippen LogP contribution in [0.15, 0.2) is 121 Å². The fraction of sp³-hybridized carbons (Fsp3) is 0.167. The summed E-state index contributed by atoms with van der Waals surface area (Å²) in [4.78, 5) is 19.8. The molecule has 0 atom stereocenters. The Bertz CT molecular complexity index is 3160. The molecule has 29 heteroatoms. The number of hydrogen-bond donors (Lipinski definition) is 6. The third kappa shape index (κ3) is 39.3. The van der Waals surface area contributed by atoms with Crippen molar-refractivity contribution in [1.82, 2.24) is 24.9 Å². The third-order valence-corrected chi connectivity index (χ3v) is 8.89. The number of aryl methyl sites for hydroxylation is 2. The van der Waals surface area contributed by atoms with Crippen molar-refractivity contribution in [2.45, 2.75) is 13.8 Å². The summed E-state index contributed by atoms with van der Waals surface area (Å²) < 4.78 is 47.1. The first-order chi connectivity index (χ1) is 36.5. The van der Waals surface area contributed by atoms with Crippen LogP contribution in [0.4, 0.5) is 10.4 Å². The second-order valence-corrected chi connectivity index (χ2v) is 13.3. The van der Waals surface area contributed by atoms with Gasteiger partial charge in [0, 0.05) is 173 Å². The standard InChI is InChI=1S/C11H10NO.C10H7FNO.C10H8NO.C10H7NO.C9H5NO.2CH3Br.2CH4O.Ag.BH2O2.2FH.4V.4W/c1-8-5-6-12-11-7-9(13-2)3-4-10(8)11;1-13-8-4-2-7-3-5-10(11)12-9(7)6-8;1-7-4-5-11-10-6-8(12)2-3-9(7)10;1-12-9-5-4-8-3-2-6-11-10(8)7-9;11-8-4-3-7-2-1-5-10-9(7)6-8;4*1-2;;2-1-3;;;;;;;;;;/h3-5,7H,1-2H3;2,4-6H,1H3;2-4,6,12H,1H3;2,4-5,7H,1H3;1,3-4,6,11H;2*1H3;2*2H,1H3;;2-3H;2*1H;;;;;;;;/q3*-1;2*-2;;;;;+2;;;;;;;;;;;/p-2. The van der Waals surface area contributed by atoms with Gasteiger partial charge in [-0.3, -0.25) is 22.9 Å². The first-order valence-corrected chi connectivity index (χ1v) is 25.2. The number of phenolic OH excluding ortho intramolecular Hbond substituents is 2. The maximum atomic E-state index is 12.7. The van der Waals surface area contributed by atoms with Gasteiger partial charge in [0.1, 0.15) is 23.2 Å². The molecule has 14 nitrogen and oxygen atoms in total. The summed E-state index contributed by atoms with van der Waals surface area (Å²) in [6.45, 7) is 4.05. The molecule has 6 N–H and O–H groups in total. The molecular formula is C54H53AgBBr2F3N5O9V4W4-7. The predicted molar refractivity (Wildman–Crippen MR) is 291 cm³/mol. The number of aromatic hydroxyl groups is 2. The van der Waals surface area contributed by atoms with Gasteiger partial charge in [0.15, 0.2) is 0 Å². The van der Waals surface area contributed by atoms with Crippen LogP contribution in [-0.2, 0) is 179 Å². The number of aromatic nitrogens is 5. The van der Waals surface area contributed by atoms with Gasteiger partial charge < -0.3 is 69.6 Å². The zero-order chi connectivity index (χ0) is 56.6. The molecule has 0 aliphatic rings. The Morgan fingerprint density at radius 3 is 1.19 bits per heavy atom. The molecule has 0 amide bonds. The van der Waals surface area contributed by atoms with Crippen LogP contribution < -0.4 is 14.2 Å². The second-order valence-electron chi connectivity index (χ2n) is 13.1. The molecule has 0 spiro atoms. The molecule has 0 aliphatic heterocycles. The van der Waals surface area contributed by atoms with Crippen LogP contribution in [0, 0.1) is 62.8 Å². The monoisotopic (exact) mass is 2190 g/mol. The summed E-state index contributed by atoms with van der Waals surface area (Å²) in [5.41, 5.74) is 6.16. The number of methoxy groups -OCH3 is 3. The number of phenols is 2. The quantitative estimate of drug-likeness (QED) is 0.0421. The zero-order valence-electron chi connectivity index (χ0n) is 45.4. The van der Waals surface area contributed by atoms with Gasteiger partial charge in [-0.15, -0.1) is 62.6 Å². The number of rotatable bonds is 3. The van der Waals surface area contributed by atoms with Crippen LogP contribution in [0.5, 0.6) is 28.7 Å². The molecule has 0 bridgehead atoms. The fourth-order valence-corrected chi connectivity index (χ4v) is 5.71. The van der Waals surface area contributed by atoms with E-state index in [0.29, 0.717) is 16.8 Å². The molecule has 0 fully saturated rings. The number of pyridine rings is 5. The Kier molecular flexibility index (Phi) is 77.2. The molecule has 10 rings (SSSR count). The van der Waals surface area contributed by atoms with E-state index in [0.717, 1.165) is 74.8 Å². The van der Waals surface area contributed by atoms with Crippen molar-refractivity contribution in [2.24, 2.45) is 0 Å². The summed E-state index contributed by atoms with van der Waals surface area (Å²) in [6, 6.07) is 43.9. The Morgan fingerprint density at radius 1 is 0.470 bits per heavy atom. The van der Waals surface area contributed by atoms with E-state index in [-0.39, 0.29) is 178 Å². The van der Waals surface area contributed by atoms with E-state index < -0.39 is 26.8 Å². The minimum atomic E-state index is -1.93. The average molecular weight is 2190 g/mol. The van der Waals surface area contributed by atoms with Gasteiger partial charge in [0.2, 0.25) is 0 Å². The SMILES string of the molecule is CBr.CBr.CO.CO.COc1ccc2[c-]c[c-]nc2c1.COc1ccc2[c-]cc(F)nc2c1.COc1ccc2c(C)c[c-]nc2c1.Cc1c[c-]nc2cc(O)ccc12.O[B]O.Oc1ccc2[c-]c[c-]nc2c1.[F][Ag][F].[V].[V].[V].[V].[W].[W].[W].[W]. The molecule has 0 aliphatic carbocycles. The van der Waals surface area contributed by atoms with Gasteiger partial charge in [-0.25, -0.2) is 28.7 Å². The van der Waals surface area contributed by atoms with Gasteiger partial charge in [-0.05, 0) is 46.4 Å². The van der Waals surface area contributed by atoms with E-state index in [4.69, 9.17) is 44.7 Å². The average Bonchev–Trinajstić information content (AvgIpc) is 3.46. The van der Waals surface area contributed by atoms with Crippen LogP contribution in [0.25, 0.3) is 54.5 Å². The number of alkyl halides is 2. The molecule has 0 saturated heterocycles. The van der Waals surface area contributed by atoms with Crippen molar-refractivity contribution < 1.29 is 234 Å². The first-order valence-electron chi connectivity index (χ1n) is 20.9. The molecule has 5 aromatic carbocycles. The van der Waals surface area contributed by atoms with E-state index in [1.54, 1.807) is 82.0 Å². The normalized spacial score (nSPS) is 8.27. The summed E-state index contributed by atoms with van der Waals surface area (Å²) in [5.74, 6) is 5.87. The van der Waals surface area contributed by atoms with Gasteiger partial charge in [-0.2, -0.15) is 24.5 Å². The second kappa shape index (κ2) is 63.6. The van der Waals surface area contributed by atoms with Gasteiger partial charge in [0.05, 0.1) is 32.8 Å². The molecular weight excluding hydrogens is 2140 g/mol. The molecule has 5 aromatic heterocycles. The van der Waals surface area contributed by atoms with Crippen LogP contribution in [0.2, 0.25) is 0 Å². The van der Waals surface area contributed by atoms with E-state index >= 15 is 0 Å². The fourth-order valence-electron chi connectivity index (χ4n) is 5.71. The maximum absolute atomic E-state index is 12.7. The molecule has 0 saturated carbocycles. The molecule has 10 aromatic rings. The Balaban J connectivity index is -0.000000109. The summed E-state index contributed by atoms with van der Waals surface area (Å²) in [5, 5.41) is 51.1. The topological polar surface area (TPSA) is 214 Å². The molecule has 5 radical (unpaired) electrons. The first kappa shape index (κ1) is 101. The molecule has 0 unspecified atom stereocenters. The molecule has 83 heavy (non-hydrogen) atoms. The number of nitrogens with zero attached hydrogens (tertiary/aromatic N) is 5. The summed E-state index contributed by atoms with van der Waals surface area (Å²) in [7, 11) is 6.85. The molecule has 5 heterocycles. The van der Waals surface area contributed by atoms with Crippen LogP contribution in [-0.4, -0.2) is 110 Å². The number of aliphatic hydroxyl groups excluding tert-OH is 2. The summed E-state index contributed by atoms with van der Waals surface area (Å²) in [6.07, 6.45) is 11.0. The smallest absolute Gasteiger partial charge is 0 e. The van der Waals surface area contributed by atoms with Crippen LogP contribution >= 0.6 is 31.9 Å². The van der Waals surface area contributed by atoms with Crippen molar-refractivity contribution in [1.29, 1.82) is 0 Å². The van der Waals surface area contributed by atoms with Crippen molar-refractivity contribution >= 4 is 94.1 Å². The predicted octanol–water partition coefficient (Wildman–Crippen LogP) is 10.5. The summed E-state index contributed by atoms with van der Waals surface area (Å²) >= 11 is 3.94. The van der Waals surface area contributed by atoms with Gasteiger partial charge in [-0.1, -0.05) is 107 Å². The van der Waals surface area contributed by atoms with Gasteiger partial charge in [0.25, 0.3) is 0 Å². The van der Waals surface area contributed by atoms with Gasteiger partial charge >= 0.3 is 34.6 Å². The van der Waals surface area contributed by atoms with E-state index in [2.05, 4.69) is 99.8 Å². The Hall–Kier alpha value is -1.36. The zero-order valence-corrected chi connectivity index (χ0v) is 67.4. The Morgan fingerprint density at radius 2 is 0.771 bits per heavy atom. The minimum Gasteiger partial charge on any atom is 0 e. The van der Waals surface area contributed by atoms with Crippen molar-refractivity contribution in [3.8, 4) is 28.7 Å². The molecule has 448 valence electrons. The van der Waals surface area contributed by atoms with E-state index in [9.17, 15) is 10.4 Å². The number of halogens is 5. The number of aliphatic hydroxyl groups is 2. The number of fused-ring (bicyclic) bond motifs is 5.